The van der Waals surface area contributed by atoms with Crippen LogP contribution >= 0.6 is 0 Å². The molecule has 0 heterocycles. The molecule has 0 spiro atoms. The van der Waals surface area contributed by atoms with Crippen LogP contribution in [0.25, 0.3) is 0 Å². The van der Waals surface area contributed by atoms with Crippen molar-refractivity contribution < 1.29 is 0 Å². The number of unbranched alkanes of at least 4 members (excludes halogenated alkanes) is 2. The maximum atomic E-state index is 4.72. The predicted octanol–water partition coefficient (Wildman–Crippen LogP) is 3.87. The second kappa shape index (κ2) is 13.7. The van der Waals surface area contributed by atoms with Gasteiger partial charge in [0.05, 0.1) is 0 Å². The minimum absolute atomic E-state index is 0.904. The number of hydrogen-bond acceptors (Lipinski definition) is 0. The van der Waals surface area contributed by atoms with Gasteiger partial charge in [0, 0.05) is 0 Å². The van der Waals surface area contributed by atoms with E-state index >= 15 is 0 Å². The zero-order valence-corrected chi connectivity index (χ0v) is 9.48. The van der Waals surface area contributed by atoms with Crippen LogP contribution in [-0.4, -0.2) is 0 Å². The molecule has 0 aliphatic heterocycles. The van der Waals surface area contributed by atoms with E-state index in [2.05, 4.69) is 38.5 Å². The highest BCUT2D eigenvalue weighted by Gasteiger charge is 1.90. The molecule has 0 amide bonds. The van der Waals surface area contributed by atoms with Crippen LogP contribution in [0.3, 0.4) is 0 Å². The molecule has 0 saturated carbocycles. The first kappa shape index (κ1) is 14.6. The summed E-state index contributed by atoms with van der Waals surface area (Å²) >= 11 is 0. The zero-order chi connectivity index (χ0) is 10.5. The van der Waals surface area contributed by atoms with Crippen molar-refractivity contribution in [3.63, 3.8) is 0 Å². The van der Waals surface area contributed by atoms with E-state index in [-0.39, 0.29) is 0 Å². The molecule has 0 saturated heterocycles. The maximum Gasteiger partial charge on any atom is -0.00168 e. The van der Waals surface area contributed by atoms with Crippen LogP contribution in [0, 0.1) is 30.1 Å². The minimum Gasteiger partial charge on any atom is -0.106 e. The van der Waals surface area contributed by atoms with Crippen LogP contribution in [0.4, 0.5) is 0 Å². The predicted molar refractivity (Wildman–Crippen MR) is 61.3 cm³/mol. The molecule has 0 rings (SSSR count). The molecule has 13 heavy (non-hydrogen) atoms. The fraction of sp³-hybridized carbons (Fsp3) is 0.692. The van der Waals surface area contributed by atoms with Gasteiger partial charge in [-0.15, -0.1) is 6.42 Å². The van der Waals surface area contributed by atoms with Crippen molar-refractivity contribution in [2.75, 3.05) is 0 Å². The first-order valence-electron chi connectivity index (χ1n) is 5.06. The van der Waals surface area contributed by atoms with E-state index in [0.717, 1.165) is 5.92 Å². The first-order valence-corrected chi connectivity index (χ1v) is 5.06. The van der Waals surface area contributed by atoms with Crippen LogP contribution in [0.1, 0.15) is 53.4 Å². The summed E-state index contributed by atoms with van der Waals surface area (Å²) in [5.41, 5.74) is 0. The van der Waals surface area contributed by atoms with Crippen LogP contribution < -0.4 is 0 Å². The van der Waals surface area contributed by atoms with Gasteiger partial charge in [0.25, 0.3) is 0 Å². The SMILES string of the molecule is C#CC#CC.CCCCCC(C)C. The van der Waals surface area contributed by atoms with Crippen molar-refractivity contribution >= 4 is 0 Å². The minimum atomic E-state index is 0.904. The van der Waals surface area contributed by atoms with Gasteiger partial charge in [-0.05, 0) is 24.7 Å². The lowest BCUT2D eigenvalue weighted by Gasteiger charge is -2.00. The lowest BCUT2D eigenvalue weighted by atomic mass is 10.1. The quantitative estimate of drug-likeness (QED) is 0.453. The normalized spacial score (nSPS) is 7.69. The van der Waals surface area contributed by atoms with Gasteiger partial charge in [-0.1, -0.05) is 52.4 Å². The molecule has 0 heteroatoms. The van der Waals surface area contributed by atoms with Crippen LogP contribution in [0.2, 0.25) is 0 Å². The van der Waals surface area contributed by atoms with E-state index < -0.39 is 0 Å². The van der Waals surface area contributed by atoms with Crippen molar-refractivity contribution in [2.24, 2.45) is 5.92 Å². The Morgan fingerprint density at radius 1 is 1.23 bits per heavy atom. The fourth-order valence-corrected chi connectivity index (χ4v) is 0.875. The molecule has 0 fully saturated rings. The van der Waals surface area contributed by atoms with Crippen molar-refractivity contribution in [3.05, 3.63) is 0 Å². The highest BCUT2D eigenvalue weighted by molar-refractivity contribution is 5.20. The molecule has 0 radical (unpaired) electrons. The van der Waals surface area contributed by atoms with Crippen molar-refractivity contribution in [3.8, 4) is 24.2 Å². The molecule has 0 atom stereocenters. The number of hydrogen-bond donors (Lipinski definition) is 0. The molecule has 0 aromatic carbocycles. The van der Waals surface area contributed by atoms with E-state index in [1.165, 1.54) is 25.7 Å². The van der Waals surface area contributed by atoms with Gasteiger partial charge in [0.1, 0.15) is 0 Å². The third-order valence-corrected chi connectivity index (χ3v) is 1.58. The molecule has 0 unspecified atom stereocenters. The summed E-state index contributed by atoms with van der Waals surface area (Å²) in [5, 5.41) is 0. The monoisotopic (exact) mass is 178 g/mol. The van der Waals surface area contributed by atoms with E-state index in [1.807, 2.05) is 0 Å². The van der Waals surface area contributed by atoms with E-state index in [9.17, 15) is 0 Å². The Balaban J connectivity index is 0. The van der Waals surface area contributed by atoms with Crippen LogP contribution in [0.15, 0.2) is 0 Å². The van der Waals surface area contributed by atoms with Crippen molar-refractivity contribution in [1.82, 2.24) is 0 Å². The van der Waals surface area contributed by atoms with E-state index in [1.54, 1.807) is 6.92 Å². The summed E-state index contributed by atoms with van der Waals surface area (Å²) in [6, 6.07) is 0. The summed E-state index contributed by atoms with van der Waals surface area (Å²) in [6.07, 6.45) is 10.3. The molecular weight excluding hydrogens is 156 g/mol. The number of terminal acetylenes is 1. The Bertz CT molecular complexity index is 170. The smallest absolute Gasteiger partial charge is 0.00168 e. The third-order valence-electron chi connectivity index (χ3n) is 1.58. The van der Waals surface area contributed by atoms with Gasteiger partial charge in [-0.2, -0.15) is 0 Å². The summed E-state index contributed by atoms with van der Waals surface area (Å²) < 4.78 is 0. The summed E-state index contributed by atoms with van der Waals surface area (Å²) in [7, 11) is 0. The molecule has 74 valence electrons. The molecule has 0 aromatic rings. The highest BCUT2D eigenvalue weighted by Crippen LogP contribution is 2.06. The molecule has 0 nitrogen and oxygen atoms in total. The Morgan fingerprint density at radius 3 is 2.08 bits per heavy atom. The van der Waals surface area contributed by atoms with E-state index in [0.29, 0.717) is 0 Å². The van der Waals surface area contributed by atoms with Gasteiger partial charge >= 0.3 is 0 Å². The van der Waals surface area contributed by atoms with Gasteiger partial charge in [0.15, 0.2) is 0 Å². The second-order valence-corrected chi connectivity index (χ2v) is 3.41. The van der Waals surface area contributed by atoms with Gasteiger partial charge in [-0.3, -0.25) is 0 Å². The fourth-order valence-electron chi connectivity index (χ4n) is 0.875. The van der Waals surface area contributed by atoms with Gasteiger partial charge in [0.2, 0.25) is 0 Å². The molecule has 0 bridgehead atoms. The molecule has 0 aliphatic carbocycles. The lowest BCUT2D eigenvalue weighted by molar-refractivity contribution is 0.534. The molecular formula is C13H22. The van der Waals surface area contributed by atoms with Crippen molar-refractivity contribution in [2.45, 2.75) is 53.4 Å². The zero-order valence-electron chi connectivity index (χ0n) is 9.48. The van der Waals surface area contributed by atoms with Crippen molar-refractivity contribution in [1.29, 1.82) is 0 Å². The van der Waals surface area contributed by atoms with Gasteiger partial charge in [-0.25, -0.2) is 0 Å². The topological polar surface area (TPSA) is 0 Å². The number of rotatable bonds is 4. The second-order valence-electron chi connectivity index (χ2n) is 3.41. The molecule has 0 aliphatic rings. The van der Waals surface area contributed by atoms with Crippen LogP contribution in [0.5, 0.6) is 0 Å². The van der Waals surface area contributed by atoms with Gasteiger partial charge < -0.3 is 0 Å². The summed E-state index contributed by atoms with van der Waals surface area (Å²) in [5.74, 6) is 7.98. The maximum absolute atomic E-state index is 4.72. The summed E-state index contributed by atoms with van der Waals surface area (Å²) in [4.78, 5) is 0. The average Bonchev–Trinajstić information content (AvgIpc) is 2.07. The van der Waals surface area contributed by atoms with E-state index in [4.69, 9.17) is 6.42 Å². The largest absolute Gasteiger partial charge is 0.106 e. The Morgan fingerprint density at radius 2 is 1.85 bits per heavy atom. The molecule has 0 N–H and O–H groups in total. The first-order chi connectivity index (χ1) is 6.18. The highest BCUT2D eigenvalue weighted by atomic mass is 14.0. The summed E-state index contributed by atoms with van der Waals surface area (Å²) in [6.45, 7) is 8.53. The Kier molecular flexibility index (Phi) is 15.4. The Hall–Kier alpha value is -0.880. The lowest BCUT2D eigenvalue weighted by Crippen LogP contribution is -1.85. The molecule has 0 aromatic heterocycles. The average molecular weight is 178 g/mol. The van der Waals surface area contributed by atoms with Crippen LogP contribution in [-0.2, 0) is 0 Å². The Labute approximate surface area is 84.1 Å². The third kappa shape index (κ3) is 24.7. The standard InChI is InChI=1S/C8H18.C5H4/c1-4-5-6-7-8(2)3;1-3-5-4-2/h8H,4-7H2,1-3H3;1H,2H3.